The third-order valence-electron chi connectivity index (χ3n) is 2.89. The highest BCUT2D eigenvalue weighted by atomic mass is 79.9. The molecule has 0 saturated carbocycles. The molecule has 0 heterocycles. The predicted octanol–water partition coefficient (Wildman–Crippen LogP) is 3.36. The summed E-state index contributed by atoms with van der Waals surface area (Å²) < 4.78 is 1.61. The zero-order chi connectivity index (χ0) is 14.7. The number of carbonyl (C=O) groups excluding carboxylic acids is 1. The van der Waals surface area contributed by atoms with Gasteiger partial charge in [-0.15, -0.1) is 0 Å². The molecular weight excluding hydrogens is 392 g/mol. The lowest BCUT2D eigenvalue weighted by molar-refractivity contribution is -0.140. The largest absolute Gasteiger partial charge is 0.481 e. The molecule has 1 aromatic rings. The van der Waals surface area contributed by atoms with Gasteiger partial charge in [-0.1, -0.05) is 28.1 Å². The highest BCUT2D eigenvalue weighted by Crippen LogP contribution is 2.26. The zero-order valence-electron chi connectivity index (χ0n) is 10.3. The number of hydrogen-bond acceptors (Lipinski definition) is 2. The molecule has 106 valence electrons. The van der Waals surface area contributed by atoms with Crippen LogP contribution in [0.2, 0.25) is 0 Å². The molecule has 0 bridgehead atoms. The number of carboxylic acids is 1. The molecule has 2 unspecified atom stereocenters. The lowest BCUT2D eigenvalue weighted by Crippen LogP contribution is -2.36. The first kappa shape index (κ1) is 15.1. The van der Waals surface area contributed by atoms with Crippen LogP contribution in [0.25, 0.3) is 0 Å². The Kier molecular flexibility index (Phi) is 4.82. The van der Waals surface area contributed by atoms with Crippen LogP contribution in [0.3, 0.4) is 0 Å². The van der Waals surface area contributed by atoms with Crippen LogP contribution in [0, 0.1) is 5.92 Å². The molecule has 0 spiro atoms. The number of rotatable bonds is 3. The number of carbonyl (C=O) groups is 2. The van der Waals surface area contributed by atoms with Crippen LogP contribution in [0.4, 0.5) is 10.5 Å². The maximum absolute atomic E-state index is 11.9. The number of anilines is 1. The van der Waals surface area contributed by atoms with Crippen molar-refractivity contribution < 1.29 is 14.7 Å². The van der Waals surface area contributed by atoms with E-state index in [1.165, 1.54) is 0 Å². The van der Waals surface area contributed by atoms with E-state index in [0.29, 0.717) is 12.1 Å². The van der Waals surface area contributed by atoms with Crippen LogP contribution in [0.15, 0.2) is 39.3 Å². The van der Waals surface area contributed by atoms with Gasteiger partial charge in [-0.25, -0.2) is 4.79 Å². The Balaban J connectivity index is 1.92. The molecule has 0 fully saturated rings. The van der Waals surface area contributed by atoms with E-state index in [2.05, 4.69) is 42.5 Å². The topological polar surface area (TPSA) is 78.4 Å². The molecule has 0 aromatic heterocycles. The Morgan fingerprint density at radius 3 is 2.65 bits per heavy atom. The fraction of sp³-hybridized carbons (Fsp3) is 0.231. The molecule has 5 nitrogen and oxygen atoms in total. The van der Waals surface area contributed by atoms with Crippen LogP contribution in [-0.2, 0) is 4.79 Å². The summed E-state index contributed by atoms with van der Waals surface area (Å²) in [5, 5.41) is 14.3. The summed E-state index contributed by atoms with van der Waals surface area (Å²) >= 11 is 6.67. The van der Waals surface area contributed by atoms with Crippen LogP contribution in [-0.4, -0.2) is 23.1 Å². The molecule has 0 radical (unpaired) electrons. The lowest BCUT2D eigenvalue weighted by Gasteiger charge is -2.14. The van der Waals surface area contributed by atoms with Crippen LogP contribution < -0.4 is 10.6 Å². The van der Waals surface area contributed by atoms with E-state index in [-0.39, 0.29) is 12.1 Å². The molecule has 1 aliphatic carbocycles. The van der Waals surface area contributed by atoms with E-state index in [0.717, 1.165) is 8.95 Å². The van der Waals surface area contributed by atoms with Crippen molar-refractivity contribution in [3.8, 4) is 0 Å². The number of amides is 2. The second kappa shape index (κ2) is 6.41. The molecule has 3 N–H and O–H groups in total. The molecule has 2 rings (SSSR count). The lowest BCUT2D eigenvalue weighted by atomic mass is 10.1. The van der Waals surface area contributed by atoms with Crippen molar-refractivity contribution in [2.45, 2.75) is 12.5 Å². The van der Waals surface area contributed by atoms with Gasteiger partial charge in [0.15, 0.2) is 0 Å². The first-order valence-electron chi connectivity index (χ1n) is 5.89. The van der Waals surface area contributed by atoms with Gasteiger partial charge in [0.2, 0.25) is 0 Å². The van der Waals surface area contributed by atoms with Crippen molar-refractivity contribution in [1.29, 1.82) is 0 Å². The summed E-state index contributed by atoms with van der Waals surface area (Å²) in [5.74, 6) is -1.40. The Morgan fingerprint density at radius 1 is 1.25 bits per heavy atom. The molecule has 2 amide bonds. The monoisotopic (exact) mass is 402 g/mol. The van der Waals surface area contributed by atoms with Crippen molar-refractivity contribution in [2.24, 2.45) is 5.92 Å². The maximum Gasteiger partial charge on any atom is 0.319 e. The maximum atomic E-state index is 11.9. The number of halogens is 2. The minimum Gasteiger partial charge on any atom is -0.481 e. The van der Waals surface area contributed by atoms with E-state index >= 15 is 0 Å². The van der Waals surface area contributed by atoms with Gasteiger partial charge in [0.1, 0.15) is 0 Å². The van der Waals surface area contributed by atoms with Gasteiger partial charge in [-0.2, -0.15) is 0 Å². The van der Waals surface area contributed by atoms with Crippen LogP contribution in [0.1, 0.15) is 6.42 Å². The van der Waals surface area contributed by atoms with Crippen LogP contribution >= 0.6 is 31.9 Å². The Hall–Kier alpha value is -1.34. The second-order valence-electron chi connectivity index (χ2n) is 4.39. The van der Waals surface area contributed by atoms with E-state index in [1.54, 1.807) is 18.2 Å². The third kappa shape index (κ3) is 3.83. The summed E-state index contributed by atoms with van der Waals surface area (Å²) in [4.78, 5) is 22.7. The molecule has 7 heteroatoms. The van der Waals surface area contributed by atoms with Gasteiger partial charge >= 0.3 is 12.0 Å². The number of carboxylic acid groups (broad SMARTS) is 1. The standard InChI is InChI=1S/C13H12Br2N2O3/c14-8-2-4-10(15)11(6-8)17-13(20)16-9-3-1-7(5-9)12(18)19/h1-4,6-7,9H,5H2,(H,18,19)(H2,16,17,20). The SMILES string of the molecule is O=C(Nc1cc(Br)ccc1Br)NC1C=CC(C(=O)O)C1. The van der Waals surface area contributed by atoms with E-state index in [1.807, 2.05) is 12.1 Å². The Labute approximate surface area is 132 Å². The molecule has 1 aromatic carbocycles. The number of urea groups is 1. The van der Waals surface area contributed by atoms with E-state index in [9.17, 15) is 9.59 Å². The second-order valence-corrected chi connectivity index (χ2v) is 6.16. The number of aliphatic carboxylic acids is 1. The van der Waals surface area contributed by atoms with Crippen molar-refractivity contribution in [2.75, 3.05) is 5.32 Å². The number of benzene rings is 1. The summed E-state index contributed by atoms with van der Waals surface area (Å²) in [6, 6.07) is 4.81. The quantitative estimate of drug-likeness (QED) is 0.677. The fourth-order valence-electron chi connectivity index (χ4n) is 1.91. The van der Waals surface area contributed by atoms with Gasteiger partial charge < -0.3 is 15.7 Å². The zero-order valence-corrected chi connectivity index (χ0v) is 13.4. The van der Waals surface area contributed by atoms with Crippen LogP contribution in [0.5, 0.6) is 0 Å². The predicted molar refractivity (Wildman–Crippen MR) is 82.7 cm³/mol. The normalized spacial score (nSPS) is 20.7. The summed E-state index contributed by atoms with van der Waals surface area (Å²) in [5.41, 5.74) is 0.633. The van der Waals surface area contributed by atoms with E-state index < -0.39 is 11.9 Å². The molecule has 0 aliphatic heterocycles. The average Bonchev–Trinajstić information content (AvgIpc) is 2.82. The molecule has 20 heavy (non-hydrogen) atoms. The minimum atomic E-state index is -0.874. The minimum absolute atomic E-state index is 0.262. The highest BCUT2D eigenvalue weighted by molar-refractivity contribution is 9.11. The first-order valence-corrected chi connectivity index (χ1v) is 7.48. The smallest absolute Gasteiger partial charge is 0.319 e. The Morgan fingerprint density at radius 2 is 2.00 bits per heavy atom. The van der Waals surface area contributed by atoms with E-state index in [4.69, 9.17) is 5.11 Å². The molecule has 1 aliphatic rings. The number of nitrogens with one attached hydrogen (secondary N) is 2. The van der Waals surface area contributed by atoms with Crippen molar-refractivity contribution in [3.05, 3.63) is 39.3 Å². The van der Waals surface area contributed by atoms with Gasteiger partial charge in [-0.05, 0) is 40.5 Å². The molecular formula is C13H12Br2N2O3. The third-order valence-corrected chi connectivity index (χ3v) is 4.08. The molecule has 2 atom stereocenters. The first-order chi connectivity index (χ1) is 9.45. The summed E-state index contributed by atoms with van der Waals surface area (Å²) in [6.45, 7) is 0. The van der Waals surface area contributed by atoms with Crippen molar-refractivity contribution in [1.82, 2.24) is 5.32 Å². The molecule has 0 saturated heterocycles. The van der Waals surface area contributed by atoms with Gasteiger partial charge in [-0.3, -0.25) is 4.79 Å². The Bertz CT molecular complexity index is 575. The van der Waals surface area contributed by atoms with Gasteiger partial charge in [0, 0.05) is 8.95 Å². The summed E-state index contributed by atoms with van der Waals surface area (Å²) in [7, 11) is 0. The average molecular weight is 404 g/mol. The van der Waals surface area contributed by atoms with Crippen molar-refractivity contribution in [3.63, 3.8) is 0 Å². The van der Waals surface area contributed by atoms with Gasteiger partial charge in [0.25, 0.3) is 0 Å². The highest BCUT2D eigenvalue weighted by Gasteiger charge is 2.25. The fourth-order valence-corrected chi connectivity index (χ4v) is 2.62. The van der Waals surface area contributed by atoms with Crippen molar-refractivity contribution >= 4 is 49.5 Å². The van der Waals surface area contributed by atoms with Gasteiger partial charge in [0.05, 0.1) is 17.6 Å². The number of hydrogen-bond donors (Lipinski definition) is 3. The summed E-state index contributed by atoms with van der Waals surface area (Å²) in [6.07, 6.45) is 3.68.